The lowest BCUT2D eigenvalue weighted by Crippen LogP contribution is -2.52. The van der Waals surface area contributed by atoms with Crippen molar-refractivity contribution in [1.82, 2.24) is 15.0 Å². The fourth-order valence-electron chi connectivity index (χ4n) is 4.04. The summed E-state index contributed by atoms with van der Waals surface area (Å²) in [5, 5.41) is 0. The lowest BCUT2D eigenvalue weighted by molar-refractivity contribution is -0.0608. The summed E-state index contributed by atoms with van der Waals surface area (Å²) >= 11 is 0. The van der Waals surface area contributed by atoms with E-state index in [-0.39, 0.29) is 17.7 Å². The van der Waals surface area contributed by atoms with Gasteiger partial charge in [0.15, 0.2) is 0 Å². The Morgan fingerprint density at radius 1 is 1.08 bits per heavy atom. The molecule has 1 saturated carbocycles. The maximum Gasteiger partial charge on any atom is 0.225 e. The van der Waals surface area contributed by atoms with Crippen molar-refractivity contribution < 1.29 is 9.47 Å². The zero-order valence-corrected chi connectivity index (χ0v) is 13.8. The van der Waals surface area contributed by atoms with Crippen molar-refractivity contribution >= 4 is 5.95 Å². The van der Waals surface area contributed by atoms with Crippen molar-refractivity contribution in [2.45, 2.75) is 43.4 Å². The summed E-state index contributed by atoms with van der Waals surface area (Å²) in [4.78, 5) is 15.4. The number of pyridine rings is 1. The third-order valence-electron chi connectivity index (χ3n) is 5.28. The van der Waals surface area contributed by atoms with Gasteiger partial charge in [-0.05, 0) is 31.4 Å². The Labute approximate surface area is 141 Å². The lowest BCUT2D eigenvalue weighted by atomic mass is 9.79. The van der Waals surface area contributed by atoms with Gasteiger partial charge in [0.2, 0.25) is 11.8 Å². The molecule has 0 unspecified atom stereocenters. The number of ether oxygens (including phenoxy) is 2. The summed E-state index contributed by atoms with van der Waals surface area (Å²) in [6.07, 6.45) is 9.33. The number of anilines is 1. The fourth-order valence-corrected chi connectivity index (χ4v) is 4.04. The molecule has 6 heteroatoms. The molecule has 0 amide bonds. The van der Waals surface area contributed by atoms with Crippen LogP contribution >= 0.6 is 0 Å². The predicted octanol–water partition coefficient (Wildman–Crippen LogP) is 2.47. The third kappa shape index (κ3) is 2.71. The molecule has 126 valence electrons. The van der Waals surface area contributed by atoms with E-state index in [1.807, 2.05) is 31.4 Å². The van der Waals surface area contributed by atoms with E-state index in [4.69, 9.17) is 9.47 Å². The fraction of sp³-hybridized carbons (Fsp3) is 0.500. The first kappa shape index (κ1) is 15.3. The zero-order chi connectivity index (χ0) is 16.4. The molecule has 1 aliphatic heterocycles. The van der Waals surface area contributed by atoms with E-state index in [9.17, 15) is 0 Å². The van der Waals surface area contributed by atoms with Crippen molar-refractivity contribution in [1.29, 1.82) is 0 Å². The highest BCUT2D eigenvalue weighted by molar-refractivity contribution is 5.37. The first-order valence-electron chi connectivity index (χ1n) is 8.47. The van der Waals surface area contributed by atoms with Crippen molar-refractivity contribution in [3.63, 3.8) is 0 Å². The quantitative estimate of drug-likeness (QED) is 0.860. The Kier molecular flexibility index (Phi) is 4.06. The minimum atomic E-state index is -0.122. The third-order valence-corrected chi connectivity index (χ3v) is 5.28. The van der Waals surface area contributed by atoms with Crippen molar-refractivity contribution in [3.8, 4) is 5.88 Å². The summed E-state index contributed by atoms with van der Waals surface area (Å²) in [7, 11) is 1.82. The van der Waals surface area contributed by atoms with Crippen molar-refractivity contribution in [3.05, 3.63) is 42.9 Å². The number of fused-ring (bicyclic) bond motifs is 1. The van der Waals surface area contributed by atoms with E-state index in [1.165, 1.54) is 0 Å². The zero-order valence-electron chi connectivity index (χ0n) is 13.8. The Bertz CT molecular complexity index is 669. The molecule has 0 spiro atoms. The average molecular weight is 326 g/mol. The summed E-state index contributed by atoms with van der Waals surface area (Å²) in [6, 6.07) is 7.83. The Hall–Kier alpha value is -2.21. The van der Waals surface area contributed by atoms with E-state index in [2.05, 4.69) is 19.9 Å². The highest BCUT2D eigenvalue weighted by Crippen LogP contribution is 2.44. The smallest absolute Gasteiger partial charge is 0.225 e. The number of hydrogen-bond acceptors (Lipinski definition) is 6. The van der Waals surface area contributed by atoms with Gasteiger partial charge in [0.1, 0.15) is 6.10 Å². The molecule has 24 heavy (non-hydrogen) atoms. The molecule has 2 aromatic heterocycles. The highest BCUT2D eigenvalue weighted by Gasteiger charge is 2.52. The van der Waals surface area contributed by atoms with Gasteiger partial charge in [-0.1, -0.05) is 6.07 Å². The van der Waals surface area contributed by atoms with Gasteiger partial charge in [-0.3, -0.25) is 0 Å². The molecule has 2 fully saturated rings. The van der Waals surface area contributed by atoms with Crippen LogP contribution in [0.4, 0.5) is 5.95 Å². The van der Waals surface area contributed by atoms with Crippen LogP contribution in [0.5, 0.6) is 5.88 Å². The minimum Gasteiger partial charge on any atom is -0.474 e. The second-order valence-electron chi connectivity index (χ2n) is 6.46. The number of nitrogens with zero attached hydrogens (tertiary/aromatic N) is 4. The predicted molar refractivity (Wildman–Crippen MR) is 90.0 cm³/mol. The van der Waals surface area contributed by atoms with Crippen LogP contribution in [0, 0.1) is 0 Å². The maximum atomic E-state index is 6.10. The first-order chi connectivity index (χ1) is 11.8. The second kappa shape index (κ2) is 6.36. The molecule has 3 atom stereocenters. The standard InChI is InChI=1S/C18H22N4O2/c1-23-18-7-6-14(24-16-5-2-3-9-19-16)13-15(18)22(12-8-18)17-20-10-4-11-21-17/h2-5,9-11,14-15H,6-8,12-13H2,1H3/t14-,15+,18-/m1/s1. The number of aromatic nitrogens is 3. The molecule has 2 aliphatic rings. The molecule has 2 aromatic rings. The number of methoxy groups -OCH3 is 1. The van der Waals surface area contributed by atoms with Gasteiger partial charge >= 0.3 is 0 Å². The topological polar surface area (TPSA) is 60.4 Å². The molecule has 1 saturated heterocycles. The monoisotopic (exact) mass is 326 g/mol. The normalized spacial score (nSPS) is 29.3. The van der Waals surface area contributed by atoms with Crippen LogP contribution in [0.2, 0.25) is 0 Å². The van der Waals surface area contributed by atoms with Crippen LogP contribution in [0.15, 0.2) is 42.9 Å². The van der Waals surface area contributed by atoms with Crippen LogP contribution < -0.4 is 9.64 Å². The van der Waals surface area contributed by atoms with Gasteiger partial charge < -0.3 is 14.4 Å². The van der Waals surface area contributed by atoms with Crippen LogP contribution in [0.1, 0.15) is 25.7 Å². The van der Waals surface area contributed by atoms with E-state index in [0.717, 1.165) is 38.2 Å². The Balaban J connectivity index is 1.55. The molecule has 0 N–H and O–H groups in total. The molecule has 3 heterocycles. The van der Waals surface area contributed by atoms with Crippen molar-refractivity contribution in [2.24, 2.45) is 0 Å². The lowest BCUT2D eigenvalue weighted by Gasteiger charge is -2.43. The van der Waals surface area contributed by atoms with Gasteiger partial charge in [0.25, 0.3) is 0 Å². The van der Waals surface area contributed by atoms with Crippen LogP contribution in [-0.2, 0) is 4.74 Å². The average Bonchev–Trinajstić information content (AvgIpc) is 3.03. The second-order valence-corrected chi connectivity index (χ2v) is 6.46. The van der Waals surface area contributed by atoms with Crippen molar-refractivity contribution in [2.75, 3.05) is 18.6 Å². The SMILES string of the molecule is CO[C@@]12CC[C@@H](Oc3ccccn3)C[C@@H]1N(c1ncccn1)CC2. The summed E-state index contributed by atoms with van der Waals surface area (Å²) in [5.41, 5.74) is -0.122. The van der Waals surface area contributed by atoms with Crippen LogP contribution in [-0.4, -0.2) is 46.4 Å². The Morgan fingerprint density at radius 3 is 2.67 bits per heavy atom. The van der Waals surface area contributed by atoms with Crippen LogP contribution in [0.25, 0.3) is 0 Å². The van der Waals surface area contributed by atoms with Gasteiger partial charge in [0, 0.05) is 44.7 Å². The van der Waals surface area contributed by atoms with Gasteiger partial charge in [0.05, 0.1) is 11.6 Å². The van der Waals surface area contributed by atoms with Gasteiger partial charge in [-0.25, -0.2) is 15.0 Å². The summed E-state index contributed by atoms with van der Waals surface area (Å²) in [6.45, 7) is 0.916. The molecular weight excluding hydrogens is 304 g/mol. The van der Waals surface area contributed by atoms with E-state index in [1.54, 1.807) is 18.6 Å². The molecule has 1 aliphatic carbocycles. The minimum absolute atomic E-state index is 0.122. The van der Waals surface area contributed by atoms with E-state index >= 15 is 0 Å². The maximum absolute atomic E-state index is 6.10. The molecular formula is C18H22N4O2. The van der Waals surface area contributed by atoms with E-state index < -0.39 is 0 Å². The molecule has 0 radical (unpaired) electrons. The molecule has 6 nitrogen and oxygen atoms in total. The molecule has 0 aromatic carbocycles. The molecule has 0 bridgehead atoms. The van der Waals surface area contributed by atoms with Gasteiger partial charge in [-0.15, -0.1) is 0 Å². The number of rotatable bonds is 4. The summed E-state index contributed by atoms with van der Waals surface area (Å²) in [5.74, 6) is 1.47. The summed E-state index contributed by atoms with van der Waals surface area (Å²) < 4.78 is 12.1. The van der Waals surface area contributed by atoms with E-state index in [0.29, 0.717) is 5.88 Å². The van der Waals surface area contributed by atoms with Crippen LogP contribution in [0.3, 0.4) is 0 Å². The Morgan fingerprint density at radius 2 is 1.92 bits per heavy atom. The van der Waals surface area contributed by atoms with Gasteiger partial charge in [-0.2, -0.15) is 0 Å². The largest absolute Gasteiger partial charge is 0.474 e. The number of hydrogen-bond donors (Lipinski definition) is 0. The first-order valence-corrected chi connectivity index (χ1v) is 8.47. The highest BCUT2D eigenvalue weighted by atomic mass is 16.5. The molecule has 4 rings (SSSR count).